The Morgan fingerprint density at radius 2 is 1.03 bits per heavy atom. The smallest absolute Gasteiger partial charge is 0.0165 e. The van der Waals surface area contributed by atoms with Gasteiger partial charge in [0.1, 0.15) is 0 Å². The molecule has 4 aromatic carbocycles. The maximum absolute atomic E-state index is 2.40. The molecule has 1 atom stereocenters. The SMILES string of the molecule is C.CCC(C)c1ccccc1I.Ic1ccccc1.c1ccc(C2CC(c3ccccc3)C2)cc1. The van der Waals surface area contributed by atoms with Crippen molar-refractivity contribution >= 4 is 45.2 Å². The van der Waals surface area contributed by atoms with Crippen LogP contribution in [0.2, 0.25) is 0 Å². The van der Waals surface area contributed by atoms with Gasteiger partial charge in [-0.05, 0) is 117 Å². The van der Waals surface area contributed by atoms with Crippen molar-refractivity contribution in [2.24, 2.45) is 0 Å². The minimum atomic E-state index is 0. The fourth-order valence-electron chi connectivity index (χ4n) is 4.12. The highest BCUT2D eigenvalue weighted by Gasteiger charge is 2.30. The molecule has 1 aliphatic rings. The fourth-order valence-corrected chi connectivity index (χ4v) is 5.46. The summed E-state index contributed by atoms with van der Waals surface area (Å²) in [7, 11) is 0. The topological polar surface area (TPSA) is 0 Å². The Kier molecular flexibility index (Phi) is 13.6. The summed E-state index contributed by atoms with van der Waals surface area (Å²) in [6.07, 6.45) is 3.85. The van der Waals surface area contributed by atoms with E-state index in [9.17, 15) is 0 Å². The molecule has 2 heteroatoms. The van der Waals surface area contributed by atoms with Gasteiger partial charge in [-0.1, -0.05) is 118 Å². The molecule has 0 radical (unpaired) electrons. The summed E-state index contributed by atoms with van der Waals surface area (Å²) in [5.74, 6) is 2.26. The summed E-state index contributed by atoms with van der Waals surface area (Å²) in [4.78, 5) is 0. The average Bonchev–Trinajstić information content (AvgIpc) is 2.86. The van der Waals surface area contributed by atoms with Gasteiger partial charge in [-0.2, -0.15) is 0 Å². The lowest BCUT2D eigenvalue weighted by Gasteiger charge is -2.36. The van der Waals surface area contributed by atoms with Crippen LogP contribution in [-0.2, 0) is 0 Å². The van der Waals surface area contributed by atoms with E-state index < -0.39 is 0 Å². The number of rotatable bonds is 4. The van der Waals surface area contributed by atoms with Crippen molar-refractivity contribution in [3.63, 3.8) is 0 Å². The highest BCUT2D eigenvalue weighted by molar-refractivity contribution is 14.1. The van der Waals surface area contributed by atoms with Crippen molar-refractivity contribution < 1.29 is 0 Å². The summed E-state index contributed by atoms with van der Waals surface area (Å²) >= 11 is 4.68. The highest BCUT2D eigenvalue weighted by Crippen LogP contribution is 2.47. The zero-order valence-electron chi connectivity index (χ0n) is 20.1. The molecule has 0 bridgehead atoms. The van der Waals surface area contributed by atoms with E-state index in [1.165, 1.54) is 43.1 Å². The van der Waals surface area contributed by atoms with Gasteiger partial charge in [0.05, 0.1) is 0 Å². The van der Waals surface area contributed by atoms with Crippen molar-refractivity contribution in [1.29, 1.82) is 0 Å². The number of benzene rings is 4. The third kappa shape index (κ3) is 9.72. The van der Waals surface area contributed by atoms with Crippen molar-refractivity contribution in [3.8, 4) is 0 Å². The monoisotopic (exact) mass is 688 g/mol. The molecule has 0 aliphatic heterocycles. The van der Waals surface area contributed by atoms with Gasteiger partial charge in [0.2, 0.25) is 0 Å². The Labute approximate surface area is 240 Å². The number of hydrogen-bond donors (Lipinski definition) is 0. The van der Waals surface area contributed by atoms with Gasteiger partial charge < -0.3 is 0 Å². The fraction of sp³-hybridized carbons (Fsp3) is 0.273. The normalized spacial score (nSPS) is 16.7. The van der Waals surface area contributed by atoms with E-state index in [4.69, 9.17) is 0 Å². The van der Waals surface area contributed by atoms with Gasteiger partial charge in [-0.3, -0.25) is 0 Å². The van der Waals surface area contributed by atoms with E-state index in [1.54, 1.807) is 0 Å². The van der Waals surface area contributed by atoms with Gasteiger partial charge in [-0.25, -0.2) is 0 Å². The molecule has 0 amide bonds. The molecule has 35 heavy (non-hydrogen) atoms. The number of hydrogen-bond acceptors (Lipinski definition) is 0. The first kappa shape index (κ1) is 29.6. The highest BCUT2D eigenvalue weighted by atomic mass is 127. The van der Waals surface area contributed by atoms with Gasteiger partial charge in [0.25, 0.3) is 0 Å². The minimum absolute atomic E-state index is 0. The average molecular weight is 688 g/mol. The molecule has 1 fully saturated rings. The van der Waals surface area contributed by atoms with Crippen LogP contribution in [0.25, 0.3) is 0 Å². The summed E-state index contributed by atoms with van der Waals surface area (Å²) in [6.45, 7) is 4.51. The van der Waals surface area contributed by atoms with Gasteiger partial charge in [0.15, 0.2) is 0 Å². The molecule has 0 heterocycles. The molecule has 1 aliphatic carbocycles. The first-order valence-corrected chi connectivity index (χ1v) is 14.3. The van der Waals surface area contributed by atoms with E-state index >= 15 is 0 Å². The molecule has 0 spiro atoms. The van der Waals surface area contributed by atoms with E-state index in [2.05, 4.69) is 156 Å². The molecule has 0 saturated heterocycles. The standard InChI is InChI=1S/C16H16.C10H13I.C6H5I.CH4/c1-3-7-13(8-4-1)15-11-16(12-15)14-9-5-2-6-10-14;1-3-8(2)9-6-4-5-7-10(9)11;7-6-4-2-1-3-5-6;/h1-10,15-16H,11-12H2;4-8H,3H2,1-2H3;1-5H;1H4. The van der Waals surface area contributed by atoms with Crippen molar-refractivity contribution in [2.45, 2.75) is 58.3 Å². The predicted octanol–water partition coefficient (Wildman–Crippen LogP) is 11.1. The Bertz CT molecular complexity index is 1030. The van der Waals surface area contributed by atoms with Crippen LogP contribution >= 0.6 is 45.2 Å². The maximum Gasteiger partial charge on any atom is 0.0165 e. The van der Waals surface area contributed by atoms with Crippen LogP contribution in [0.15, 0.2) is 115 Å². The number of halogens is 2. The van der Waals surface area contributed by atoms with E-state index in [0.717, 1.165) is 11.8 Å². The van der Waals surface area contributed by atoms with Gasteiger partial charge >= 0.3 is 0 Å². The second-order valence-corrected chi connectivity index (χ2v) is 11.2. The zero-order chi connectivity index (χ0) is 24.2. The van der Waals surface area contributed by atoms with Gasteiger partial charge in [-0.15, -0.1) is 0 Å². The molecular formula is C33H38I2. The van der Waals surface area contributed by atoms with Crippen molar-refractivity contribution in [1.82, 2.24) is 0 Å². The minimum Gasteiger partial charge on any atom is -0.0776 e. The van der Waals surface area contributed by atoms with Crippen LogP contribution in [0.5, 0.6) is 0 Å². The first-order valence-electron chi connectivity index (χ1n) is 12.1. The van der Waals surface area contributed by atoms with Crippen LogP contribution in [-0.4, -0.2) is 0 Å². The predicted molar refractivity (Wildman–Crippen MR) is 171 cm³/mol. The zero-order valence-corrected chi connectivity index (χ0v) is 24.4. The molecule has 0 nitrogen and oxygen atoms in total. The lowest BCUT2D eigenvalue weighted by molar-refractivity contribution is 0.351. The lowest BCUT2D eigenvalue weighted by Crippen LogP contribution is -2.19. The molecule has 1 unspecified atom stereocenters. The van der Waals surface area contributed by atoms with Gasteiger partial charge in [0, 0.05) is 7.14 Å². The first-order chi connectivity index (χ1) is 16.6. The van der Waals surface area contributed by atoms with Crippen LogP contribution in [0.4, 0.5) is 0 Å². The van der Waals surface area contributed by atoms with Crippen LogP contribution in [0, 0.1) is 7.14 Å². The van der Waals surface area contributed by atoms with E-state index in [1.807, 2.05) is 18.2 Å². The van der Waals surface area contributed by atoms with E-state index in [-0.39, 0.29) is 7.43 Å². The molecule has 1 saturated carbocycles. The summed E-state index contributed by atoms with van der Waals surface area (Å²) < 4.78 is 2.68. The van der Waals surface area contributed by atoms with Crippen molar-refractivity contribution in [2.75, 3.05) is 0 Å². The molecule has 0 N–H and O–H groups in total. The lowest BCUT2D eigenvalue weighted by atomic mass is 9.69. The molecule has 184 valence electrons. The second-order valence-electron chi connectivity index (χ2n) is 8.81. The van der Waals surface area contributed by atoms with Crippen LogP contribution in [0.3, 0.4) is 0 Å². The second kappa shape index (κ2) is 16.2. The Morgan fingerprint density at radius 1 is 0.629 bits per heavy atom. The Hall–Kier alpha value is -1.66. The molecular weight excluding hydrogens is 650 g/mol. The summed E-state index contributed by atoms with van der Waals surface area (Å²) in [5, 5.41) is 0. The molecule has 5 rings (SSSR count). The van der Waals surface area contributed by atoms with Crippen LogP contribution in [0.1, 0.15) is 75.0 Å². The third-order valence-corrected chi connectivity index (χ3v) is 8.16. The quantitative estimate of drug-likeness (QED) is 0.187. The maximum atomic E-state index is 2.40. The Morgan fingerprint density at radius 3 is 1.40 bits per heavy atom. The molecule has 4 aromatic rings. The van der Waals surface area contributed by atoms with Crippen molar-refractivity contribution in [3.05, 3.63) is 139 Å². The van der Waals surface area contributed by atoms with Crippen LogP contribution < -0.4 is 0 Å². The van der Waals surface area contributed by atoms with E-state index in [0.29, 0.717) is 5.92 Å². The summed E-state index contributed by atoms with van der Waals surface area (Å²) in [6, 6.07) is 40.6. The summed E-state index contributed by atoms with van der Waals surface area (Å²) in [5.41, 5.74) is 4.50. The largest absolute Gasteiger partial charge is 0.0776 e. The Balaban J connectivity index is 0.000000199. The third-order valence-electron chi connectivity index (χ3n) is 6.46. The molecule has 0 aromatic heterocycles.